The second kappa shape index (κ2) is 5.72. The first kappa shape index (κ1) is 14.0. The summed E-state index contributed by atoms with van der Waals surface area (Å²) in [6.45, 7) is 4.42. The molecule has 0 bridgehead atoms. The Balaban J connectivity index is 2.07. The lowest BCUT2D eigenvalue weighted by atomic mass is 9.96. The molecule has 0 aromatic heterocycles. The van der Waals surface area contributed by atoms with Gasteiger partial charge >= 0.3 is 5.97 Å². The molecule has 0 radical (unpaired) electrons. The number of benzene rings is 1. The van der Waals surface area contributed by atoms with E-state index in [2.05, 4.69) is 34.5 Å². The topological polar surface area (TPSA) is 41.6 Å². The van der Waals surface area contributed by atoms with Crippen molar-refractivity contribution in [3.63, 3.8) is 0 Å². The second-order valence-electron chi connectivity index (χ2n) is 5.30. The molecule has 4 nitrogen and oxygen atoms in total. The van der Waals surface area contributed by atoms with Gasteiger partial charge in [0.25, 0.3) is 0 Å². The molecule has 4 heteroatoms. The maximum absolute atomic E-state index is 11.9. The average Bonchev–Trinajstić information content (AvgIpc) is 2.46. The highest BCUT2D eigenvalue weighted by Gasteiger charge is 2.35. The van der Waals surface area contributed by atoms with Crippen LogP contribution in [0.1, 0.15) is 18.1 Å². The molecule has 1 atom stereocenters. The number of hydrogen-bond donors (Lipinski definition) is 1. The van der Waals surface area contributed by atoms with Gasteiger partial charge in [0, 0.05) is 19.6 Å². The Hall–Kier alpha value is -1.39. The van der Waals surface area contributed by atoms with Gasteiger partial charge in [0.05, 0.1) is 7.11 Å². The molecule has 1 aromatic carbocycles. The maximum atomic E-state index is 11.9. The quantitative estimate of drug-likeness (QED) is 0.828. The van der Waals surface area contributed by atoms with Gasteiger partial charge in [0.2, 0.25) is 0 Å². The Morgan fingerprint density at radius 3 is 2.74 bits per heavy atom. The molecule has 1 heterocycles. The summed E-state index contributed by atoms with van der Waals surface area (Å²) >= 11 is 0. The van der Waals surface area contributed by atoms with Crippen LogP contribution in [0.25, 0.3) is 0 Å². The second-order valence-corrected chi connectivity index (χ2v) is 5.30. The Labute approximate surface area is 114 Å². The van der Waals surface area contributed by atoms with Crippen LogP contribution in [0.15, 0.2) is 24.3 Å². The standard InChI is InChI=1S/C15H22N2O2/c1-15(16-2,14(18)19-3)11-17-9-8-12-6-4-5-7-13(12)10-17/h4-7,16H,8-11H2,1-3H3. The maximum Gasteiger partial charge on any atom is 0.327 e. The summed E-state index contributed by atoms with van der Waals surface area (Å²) in [6, 6.07) is 8.50. The highest BCUT2D eigenvalue weighted by Crippen LogP contribution is 2.20. The smallest absolute Gasteiger partial charge is 0.327 e. The Morgan fingerprint density at radius 2 is 2.11 bits per heavy atom. The molecule has 0 spiro atoms. The van der Waals surface area contributed by atoms with E-state index < -0.39 is 5.54 Å². The first-order valence-corrected chi connectivity index (χ1v) is 6.65. The molecule has 1 aromatic rings. The van der Waals surface area contributed by atoms with Gasteiger partial charge < -0.3 is 10.1 Å². The Kier molecular flexibility index (Phi) is 4.22. The van der Waals surface area contributed by atoms with Gasteiger partial charge in [-0.05, 0) is 31.5 Å². The summed E-state index contributed by atoms with van der Waals surface area (Å²) in [5.74, 6) is -0.214. The van der Waals surface area contributed by atoms with E-state index in [4.69, 9.17) is 4.74 Å². The molecule has 0 saturated carbocycles. The minimum Gasteiger partial charge on any atom is -0.468 e. The average molecular weight is 262 g/mol. The molecular formula is C15H22N2O2. The Morgan fingerprint density at radius 1 is 1.42 bits per heavy atom. The number of fused-ring (bicyclic) bond motifs is 1. The van der Waals surface area contributed by atoms with Crippen LogP contribution in [-0.4, -0.2) is 43.7 Å². The first-order chi connectivity index (χ1) is 9.09. The van der Waals surface area contributed by atoms with Crippen LogP contribution >= 0.6 is 0 Å². The van der Waals surface area contributed by atoms with Gasteiger partial charge in [-0.1, -0.05) is 24.3 Å². The molecule has 0 aliphatic carbocycles. The van der Waals surface area contributed by atoms with E-state index in [9.17, 15) is 4.79 Å². The van der Waals surface area contributed by atoms with Crippen molar-refractivity contribution in [3.05, 3.63) is 35.4 Å². The number of likely N-dealkylation sites (N-methyl/N-ethyl adjacent to an activating group) is 1. The van der Waals surface area contributed by atoms with E-state index in [0.29, 0.717) is 6.54 Å². The SMILES string of the molecule is CNC(C)(CN1CCc2ccccc2C1)C(=O)OC. The monoisotopic (exact) mass is 262 g/mol. The largest absolute Gasteiger partial charge is 0.468 e. The van der Waals surface area contributed by atoms with Crippen LogP contribution < -0.4 is 5.32 Å². The fraction of sp³-hybridized carbons (Fsp3) is 0.533. The Bertz CT molecular complexity index is 461. The lowest BCUT2D eigenvalue weighted by Gasteiger charge is -2.35. The van der Waals surface area contributed by atoms with Crippen molar-refractivity contribution in [2.75, 3.05) is 27.2 Å². The van der Waals surface area contributed by atoms with Crippen LogP contribution in [0.3, 0.4) is 0 Å². The van der Waals surface area contributed by atoms with Crippen molar-refractivity contribution in [1.82, 2.24) is 10.2 Å². The third kappa shape index (κ3) is 2.96. The molecule has 0 saturated heterocycles. The summed E-state index contributed by atoms with van der Waals surface area (Å²) in [5, 5.41) is 3.08. The van der Waals surface area contributed by atoms with Crippen molar-refractivity contribution < 1.29 is 9.53 Å². The number of nitrogens with one attached hydrogen (secondary N) is 1. The number of hydrogen-bond acceptors (Lipinski definition) is 4. The number of rotatable bonds is 4. The predicted molar refractivity (Wildman–Crippen MR) is 74.9 cm³/mol. The van der Waals surface area contributed by atoms with Crippen LogP contribution in [-0.2, 0) is 22.5 Å². The summed E-state index contributed by atoms with van der Waals surface area (Å²) in [7, 11) is 3.23. The molecule has 0 fully saturated rings. The number of nitrogens with zero attached hydrogens (tertiary/aromatic N) is 1. The van der Waals surface area contributed by atoms with Crippen molar-refractivity contribution in [3.8, 4) is 0 Å². The zero-order chi connectivity index (χ0) is 13.9. The highest BCUT2D eigenvalue weighted by molar-refractivity contribution is 5.80. The molecule has 1 aliphatic heterocycles. The lowest BCUT2D eigenvalue weighted by molar-refractivity contribution is -0.148. The van der Waals surface area contributed by atoms with Crippen molar-refractivity contribution in [2.24, 2.45) is 0 Å². The molecule has 19 heavy (non-hydrogen) atoms. The van der Waals surface area contributed by atoms with Gasteiger partial charge in [-0.25, -0.2) is 0 Å². The summed E-state index contributed by atoms with van der Waals surface area (Å²) in [6.07, 6.45) is 1.04. The van der Waals surface area contributed by atoms with Crippen molar-refractivity contribution in [2.45, 2.75) is 25.4 Å². The normalized spacial score (nSPS) is 18.5. The first-order valence-electron chi connectivity index (χ1n) is 6.65. The van der Waals surface area contributed by atoms with Gasteiger partial charge in [0.15, 0.2) is 0 Å². The summed E-state index contributed by atoms with van der Waals surface area (Å²) < 4.78 is 4.89. The number of ether oxygens (including phenoxy) is 1. The molecular weight excluding hydrogens is 240 g/mol. The third-order valence-electron chi connectivity index (χ3n) is 3.94. The van der Waals surface area contributed by atoms with Gasteiger partial charge in [-0.15, -0.1) is 0 Å². The van der Waals surface area contributed by atoms with E-state index in [1.165, 1.54) is 18.2 Å². The molecule has 1 N–H and O–H groups in total. The highest BCUT2D eigenvalue weighted by atomic mass is 16.5. The predicted octanol–water partition coefficient (Wildman–Crippen LogP) is 1.20. The van der Waals surface area contributed by atoms with Crippen LogP contribution in [0.5, 0.6) is 0 Å². The van der Waals surface area contributed by atoms with Gasteiger partial charge in [-0.2, -0.15) is 0 Å². The molecule has 1 aliphatic rings. The van der Waals surface area contributed by atoms with Crippen LogP contribution in [0, 0.1) is 0 Å². The van der Waals surface area contributed by atoms with E-state index in [1.54, 1.807) is 7.05 Å². The minimum atomic E-state index is -0.652. The van der Waals surface area contributed by atoms with E-state index in [0.717, 1.165) is 19.5 Å². The lowest BCUT2D eigenvalue weighted by Crippen LogP contribution is -2.56. The zero-order valence-electron chi connectivity index (χ0n) is 11.9. The fourth-order valence-corrected chi connectivity index (χ4v) is 2.61. The van der Waals surface area contributed by atoms with Gasteiger partial charge in [0.1, 0.15) is 5.54 Å². The number of carbonyl (C=O) groups excluding carboxylic acids is 1. The summed E-state index contributed by atoms with van der Waals surface area (Å²) in [5.41, 5.74) is 2.13. The van der Waals surface area contributed by atoms with E-state index >= 15 is 0 Å². The summed E-state index contributed by atoms with van der Waals surface area (Å²) in [4.78, 5) is 14.2. The number of esters is 1. The number of methoxy groups -OCH3 is 1. The van der Waals surface area contributed by atoms with E-state index in [1.807, 2.05) is 6.92 Å². The van der Waals surface area contributed by atoms with Crippen molar-refractivity contribution in [1.29, 1.82) is 0 Å². The fourth-order valence-electron chi connectivity index (χ4n) is 2.61. The van der Waals surface area contributed by atoms with Crippen molar-refractivity contribution >= 4 is 5.97 Å². The van der Waals surface area contributed by atoms with Crippen LogP contribution in [0.2, 0.25) is 0 Å². The minimum absolute atomic E-state index is 0.214. The zero-order valence-corrected chi connectivity index (χ0v) is 11.9. The van der Waals surface area contributed by atoms with E-state index in [-0.39, 0.29) is 5.97 Å². The molecule has 104 valence electrons. The molecule has 0 amide bonds. The number of carbonyl (C=O) groups is 1. The third-order valence-corrected chi connectivity index (χ3v) is 3.94. The van der Waals surface area contributed by atoms with Gasteiger partial charge in [-0.3, -0.25) is 9.69 Å². The van der Waals surface area contributed by atoms with Crippen LogP contribution in [0.4, 0.5) is 0 Å². The molecule has 1 unspecified atom stereocenters. The molecule has 2 rings (SSSR count).